The van der Waals surface area contributed by atoms with E-state index in [0.717, 1.165) is 16.2 Å². The van der Waals surface area contributed by atoms with Crippen LogP contribution in [0, 0.1) is 10.1 Å². The van der Waals surface area contributed by atoms with Gasteiger partial charge in [-0.05, 0) is 36.4 Å². The minimum absolute atomic E-state index is 0.101. The Morgan fingerprint density at radius 2 is 1.89 bits per heavy atom. The first-order valence-electron chi connectivity index (χ1n) is 7.97. The summed E-state index contributed by atoms with van der Waals surface area (Å²) in [6, 6.07) is 11.6. The van der Waals surface area contributed by atoms with Crippen molar-refractivity contribution >= 4 is 61.9 Å². The summed E-state index contributed by atoms with van der Waals surface area (Å²) in [6.07, 6.45) is 1.53. The molecule has 0 unspecified atom stereocenters. The van der Waals surface area contributed by atoms with Crippen LogP contribution in [-0.2, 0) is 4.79 Å². The number of thiocarbonyl (C=S) groups is 1. The van der Waals surface area contributed by atoms with Crippen LogP contribution in [-0.4, -0.2) is 28.4 Å². The molecule has 1 saturated heterocycles. The lowest BCUT2D eigenvalue weighted by atomic mass is 10.1. The number of hydrogen-bond acceptors (Lipinski definition) is 7. The Morgan fingerprint density at radius 3 is 2.54 bits per heavy atom. The third-order valence-electron chi connectivity index (χ3n) is 3.56. The second-order valence-electron chi connectivity index (χ2n) is 5.48. The fourth-order valence-corrected chi connectivity index (χ4v) is 3.60. The average Bonchev–Trinajstić information content (AvgIpc) is 2.98. The van der Waals surface area contributed by atoms with Crippen molar-refractivity contribution in [3.63, 3.8) is 0 Å². The zero-order valence-electron chi connectivity index (χ0n) is 14.2. The molecule has 7 nitrogen and oxygen atoms in total. The zero-order valence-corrected chi connectivity index (χ0v) is 17.4. The number of carbonyl (C=O) groups is 1. The Kier molecular flexibility index (Phi) is 6.65. The van der Waals surface area contributed by atoms with Crippen LogP contribution in [0.2, 0.25) is 0 Å². The molecule has 0 radical (unpaired) electrons. The number of nitro benzene ring substituents is 1. The van der Waals surface area contributed by atoms with Crippen LogP contribution in [0.3, 0.4) is 0 Å². The van der Waals surface area contributed by atoms with Crippen molar-refractivity contribution in [2.75, 3.05) is 13.2 Å². The van der Waals surface area contributed by atoms with E-state index in [4.69, 9.17) is 21.7 Å². The van der Waals surface area contributed by atoms with Gasteiger partial charge in [-0.15, -0.1) is 0 Å². The van der Waals surface area contributed by atoms with Crippen molar-refractivity contribution < 1.29 is 19.2 Å². The highest BCUT2D eigenvalue weighted by Gasteiger charge is 2.23. The number of nitro groups is 1. The van der Waals surface area contributed by atoms with Gasteiger partial charge in [-0.1, -0.05) is 39.9 Å². The number of benzene rings is 2. The number of ether oxygens (including phenoxy) is 2. The number of carbonyl (C=O) groups excluding carboxylic acids is 1. The summed E-state index contributed by atoms with van der Waals surface area (Å²) in [4.78, 5) is 22.8. The molecule has 2 aromatic carbocycles. The van der Waals surface area contributed by atoms with E-state index in [0.29, 0.717) is 26.3 Å². The standard InChI is InChI=1S/C18H13BrN2O5S2/c19-12-1-4-14(5-2-12)25-7-8-26-15-6-3-13(21(23)24)9-11(15)10-16-17(22)20-18(27)28-16/h1-6,9-10H,7-8H2,(H,20,22,27)/b16-10+. The Balaban J connectivity index is 1.71. The highest BCUT2D eigenvalue weighted by atomic mass is 79.9. The lowest BCUT2D eigenvalue weighted by molar-refractivity contribution is -0.384. The van der Waals surface area contributed by atoms with Gasteiger partial charge in [-0.2, -0.15) is 0 Å². The van der Waals surface area contributed by atoms with Gasteiger partial charge in [0.1, 0.15) is 29.0 Å². The first-order valence-corrected chi connectivity index (χ1v) is 9.98. The molecule has 2 aromatic rings. The summed E-state index contributed by atoms with van der Waals surface area (Å²) >= 11 is 9.41. The van der Waals surface area contributed by atoms with Crippen LogP contribution in [0.1, 0.15) is 5.56 Å². The summed E-state index contributed by atoms with van der Waals surface area (Å²) in [6.45, 7) is 0.510. The summed E-state index contributed by atoms with van der Waals surface area (Å²) in [7, 11) is 0. The van der Waals surface area contributed by atoms with Crippen LogP contribution in [0.15, 0.2) is 51.8 Å². The quantitative estimate of drug-likeness (QED) is 0.207. The summed E-state index contributed by atoms with van der Waals surface area (Å²) in [5, 5.41) is 13.6. The molecule has 1 aliphatic heterocycles. The Labute approximate surface area is 178 Å². The monoisotopic (exact) mass is 480 g/mol. The van der Waals surface area contributed by atoms with Crippen LogP contribution in [0.25, 0.3) is 6.08 Å². The molecule has 0 saturated carbocycles. The van der Waals surface area contributed by atoms with Crippen molar-refractivity contribution in [2.45, 2.75) is 0 Å². The van der Waals surface area contributed by atoms with Gasteiger partial charge in [0, 0.05) is 22.2 Å². The van der Waals surface area contributed by atoms with E-state index in [1.165, 1.54) is 24.3 Å². The fourth-order valence-electron chi connectivity index (χ4n) is 2.30. The van der Waals surface area contributed by atoms with Crippen molar-refractivity contribution in [3.05, 3.63) is 67.5 Å². The summed E-state index contributed by atoms with van der Waals surface area (Å²) in [5.74, 6) is 0.764. The van der Waals surface area contributed by atoms with Gasteiger partial charge in [0.25, 0.3) is 11.6 Å². The maximum atomic E-state index is 11.9. The van der Waals surface area contributed by atoms with Gasteiger partial charge < -0.3 is 14.8 Å². The maximum Gasteiger partial charge on any atom is 0.270 e. The van der Waals surface area contributed by atoms with Gasteiger partial charge >= 0.3 is 0 Å². The van der Waals surface area contributed by atoms with E-state index in [1.807, 2.05) is 24.3 Å². The predicted octanol–water partition coefficient (Wildman–Crippen LogP) is 4.30. The highest BCUT2D eigenvalue weighted by Crippen LogP contribution is 2.31. The van der Waals surface area contributed by atoms with E-state index >= 15 is 0 Å². The molecular formula is C18H13BrN2O5S2. The number of nitrogens with zero attached hydrogens (tertiary/aromatic N) is 1. The predicted molar refractivity (Wildman–Crippen MR) is 115 cm³/mol. The van der Waals surface area contributed by atoms with Crippen molar-refractivity contribution in [1.82, 2.24) is 5.32 Å². The Bertz CT molecular complexity index is 963. The van der Waals surface area contributed by atoms with Crippen molar-refractivity contribution in [3.8, 4) is 11.5 Å². The normalized spacial score (nSPS) is 14.8. The van der Waals surface area contributed by atoms with Crippen molar-refractivity contribution in [1.29, 1.82) is 0 Å². The number of amides is 1. The van der Waals surface area contributed by atoms with E-state index in [1.54, 1.807) is 0 Å². The van der Waals surface area contributed by atoms with E-state index < -0.39 is 4.92 Å². The average molecular weight is 481 g/mol. The van der Waals surface area contributed by atoms with Gasteiger partial charge in [0.05, 0.1) is 9.83 Å². The highest BCUT2D eigenvalue weighted by molar-refractivity contribution is 9.10. The Morgan fingerprint density at radius 1 is 1.18 bits per heavy atom. The summed E-state index contributed by atoms with van der Waals surface area (Å²) in [5.41, 5.74) is 0.316. The maximum absolute atomic E-state index is 11.9. The minimum Gasteiger partial charge on any atom is -0.490 e. The van der Waals surface area contributed by atoms with Gasteiger partial charge in [-0.25, -0.2) is 0 Å². The third kappa shape index (κ3) is 5.31. The topological polar surface area (TPSA) is 90.7 Å². The number of non-ortho nitro benzene ring substituents is 1. The summed E-state index contributed by atoms with van der Waals surface area (Å²) < 4.78 is 12.6. The molecule has 1 amide bonds. The number of hydrogen-bond donors (Lipinski definition) is 1. The van der Waals surface area contributed by atoms with Crippen molar-refractivity contribution in [2.24, 2.45) is 0 Å². The smallest absolute Gasteiger partial charge is 0.270 e. The fraction of sp³-hybridized carbons (Fsp3) is 0.111. The van der Waals surface area contributed by atoms with Crippen LogP contribution < -0.4 is 14.8 Å². The van der Waals surface area contributed by atoms with Crippen LogP contribution >= 0.6 is 39.9 Å². The van der Waals surface area contributed by atoms with Gasteiger partial charge in [0.15, 0.2) is 0 Å². The molecule has 0 aliphatic carbocycles. The first kappa shape index (κ1) is 20.3. The molecule has 10 heteroatoms. The molecule has 1 heterocycles. The molecule has 0 aromatic heterocycles. The molecule has 3 rings (SSSR count). The second-order valence-corrected chi connectivity index (χ2v) is 8.12. The largest absolute Gasteiger partial charge is 0.490 e. The van der Waals surface area contributed by atoms with Gasteiger partial charge in [-0.3, -0.25) is 14.9 Å². The molecule has 0 atom stereocenters. The number of nitrogens with one attached hydrogen (secondary N) is 1. The number of thioether (sulfide) groups is 1. The lowest BCUT2D eigenvalue weighted by Crippen LogP contribution is -2.17. The molecule has 28 heavy (non-hydrogen) atoms. The molecule has 0 spiro atoms. The Hall–Kier alpha value is -2.43. The van der Waals surface area contributed by atoms with Gasteiger partial charge in [0.2, 0.25) is 0 Å². The minimum atomic E-state index is -0.505. The van der Waals surface area contributed by atoms with Crippen LogP contribution in [0.4, 0.5) is 5.69 Å². The zero-order chi connectivity index (χ0) is 20.1. The SMILES string of the molecule is O=C1NC(=S)S/C1=C/c1cc([N+](=O)[O-])ccc1OCCOc1ccc(Br)cc1. The van der Waals surface area contributed by atoms with Crippen LogP contribution in [0.5, 0.6) is 11.5 Å². The molecule has 0 bridgehead atoms. The molecular weight excluding hydrogens is 468 g/mol. The lowest BCUT2D eigenvalue weighted by Gasteiger charge is -2.11. The molecule has 1 N–H and O–H groups in total. The second kappa shape index (κ2) is 9.18. The molecule has 1 fully saturated rings. The molecule has 144 valence electrons. The number of halogens is 1. The van der Waals surface area contributed by atoms with E-state index in [2.05, 4.69) is 21.2 Å². The van der Waals surface area contributed by atoms with E-state index in [9.17, 15) is 14.9 Å². The number of rotatable bonds is 7. The van der Waals surface area contributed by atoms with E-state index in [-0.39, 0.29) is 24.8 Å². The first-order chi connectivity index (χ1) is 13.4. The third-order valence-corrected chi connectivity index (χ3v) is 5.25. The molecule has 1 aliphatic rings.